The first-order valence-electron chi connectivity index (χ1n) is 6.84. The van der Waals surface area contributed by atoms with Crippen molar-refractivity contribution in [3.05, 3.63) is 29.8 Å². The maximum atomic E-state index is 12.5. The normalized spacial score (nSPS) is 24.5. The minimum absolute atomic E-state index is 0.0579. The number of likely N-dealkylation sites (tertiary alicyclic amines) is 1. The molecule has 2 aliphatic rings. The number of aryl methyl sites for hydroxylation is 1. The SMILES string of the molecule is Cc1cccc(N2C(=O)C[C@@H](N3CCCC3)C2=O)c1. The Morgan fingerprint density at radius 1 is 1.16 bits per heavy atom. The molecule has 0 unspecified atom stereocenters. The molecular weight excluding hydrogens is 240 g/mol. The molecule has 0 spiro atoms. The van der Waals surface area contributed by atoms with Gasteiger partial charge in [-0.3, -0.25) is 14.5 Å². The van der Waals surface area contributed by atoms with Gasteiger partial charge in [0.25, 0.3) is 5.91 Å². The van der Waals surface area contributed by atoms with Crippen LogP contribution in [0.2, 0.25) is 0 Å². The number of carbonyl (C=O) groups is 2. The third-order valence-corrected chi connectivity index (χ3v) is 3.96. The van der Waals surface area contributed by atoms with E-state index in [-0.39, 0.29) is 17.9 Å². The lowest BCUT2D eigenvalue weighted by Gasteiger charge is -2.21. The van der Waals surface area contributed by atoms with Gasteiger partial charge in [-0.1, -0.05) is 12.1 Å². The molecule has 2 fully saturated rings. The third kappa shape index (κ3) is 2.16. The van der Waals surface area contributed by atoms with Gasteiger partial charge in [0.15, 0.2) is 0 Å². The number of hydrogen-bond acceptors (Lipinski definition) is 3. The van der Waals surface area contributed by atoms with Crippen LogP contribution in [0.15, 0.2) is 24.3 Å². The Hall–Kier alpha value is -1.68. The van der Waals surface area contributed by atoms with Crippen LogP contribution in [0.1, 0.15) is 24.8 Å². The van der Waals surface area contributed by atoms with Crippen molar-refractivity contribution in [1.82, 2.24) is 4.90 Å². The number of carbonyl (C=O) groups excluding carboxylic acids is 2. The molecule has 19 heavy (non-hydrogen) atoms. The van der Waals surface area contributed by atoms with E-state index < -0.39 is 0 Å². The fraction of sp³-hybridized carbons (Fsp3) is 0.467. The smallest absolute Gasteiger partial charge is 0.251 e. The molecule has 4 nitrogen and oxygen atoms in total. The Bertz CT molecular complexity index is 521. The van der Waals surface area contributed by atoms with Gasteiger partial charge in [0, 0.05) is 0 Å². The number of anilines is 1. The van der Waals surface area contributed by atoms with E-state index in [2.05, 4.69) is 4.90 Å². The third-order valence-electron chi connectivity index (χ3n) is 3.96. The van der Waals surface area contributed by atoms with E-state index >= 15 is 0 Å². The van der Waals surface area contributed by atoms with Crippen molar-refractivity contribution >= 4 is 17.5 Å². The summed E-state index contributed by atoms with van der Waals surface area (Å²) in [6.07, 6.45) is 2.58. The molecule has 2 saturated heterocycles. The van der Waals surface area contributed by atoms with Crippen LogP contribution in [0.25, 0.3) is 0 Å². The Labute approximate surface area is 113 Å². The molecule has 0 aliphatic carbocycles. The Balaban J connectivity index is 1.86. The molecule has 100 valence electrons. The topological polar surface area (TPSA) is 40.6 Å². The van der Waals surface area contributed by atoms with E-state index in [1.54, 1.807) is 0 Å². The molecule has 3 rings (SSSR count). The molecule has 0 radical (unpaired) electrons. The zero-order chi connectivity index (χ0) is 13.4. The van der Waals surface area contributed by atoms with Crippen LogP contribution in [0, 0.1) is 6.92 Å². The lowest BCUT2D eigenvalue weighted by molar-refractivity contribution is -0.122. The average Bonchev–Trinajstić information content (AvgIpc) is 2.97. The summed E-state index contributed by atoms with van der Waals surface area (Å²) in [5, 5.41) is 0. The predicted octanol–water partition coefficient (Wildman–Crippen LogP) is 1.72. The second kappa shape index (κ2) is 4.78. The van der Waals surface area contributed by atoms with Gasteiger partial charge in [-0.15, -0.1) is 0 Å². The summed E-state index contributed by atoms with van der Waals surface area (Å²) in [7, 11) is 0. The molecule has 0 saturated carbocycles. The van der Waals surface area contributed by atoms with Gasteiger partial charge in [-0.2, -0.15) is 0 Å². The lowest BCUT2D eigenvalue weighted by Crippen LogP contribution is -2.40. The highest BCUT2D eigenvalue weighted by atomic mass is 16.2. The standard InChI is InChI=1S/C15H18N2O2/c1-11-5-4-6-12(9-11)17-14(18)10-13(15(17)19)16-7-2-3-8-16/h4-6,9,13H,2-3,7-8,10H2,1H3/t13-/m1/s1. The van der Waals surface area contributed by atoms with Gasteiger partial charge in [-0.05, 0) is 50.6 Å². The minimum Gasteiger partial charge on any atom is -0.292 e. The Morgan fingerprint density at radius 3 is 2.58 bits per heavy atom. The highest BCUT2D eigenvalue weighted by Gasteiger charge is 2.43. The van der Waals surface area contributed by atoms with Crippen LogP contribution in [0.3, 0.4) is 0 Å². The number of nitrogens with zero attached hydrogens (tertiary/aromatic N) is 2. The van der Waals surface area contributed by atoms with Crippen molar-refractivity contribution in [1.29, 1.82) is 0 Å². The quantitative estimate of drug-likeness (QED) is 0.758. The van der Waals surface area contributed by atoms with Crippen LogP contribution >= 0.6 is 0 Å². The summed E-state index contributed by atoms with van der Waals surface area (Å²) in [5.41, 5.74) is 1.76. The molecule has 4 heteroatoms. The van der Waals surface area contributed by atoms with E-state index in [4.69, 9.17) is 0 Å². The predicted molar refractivity (Wildman–Crippen MR) is 72.9 cm³/mol. The van der Waals surface area contributed by atoms with Crippen molar-refractivity contribution in [2.24, 2.45) is 0 Å². The minimum atomic E-state index is -0.240. The summed E-state index contributed by atoms with van der Waals surface area (Å²) in [4.78, 5) is 28.1. The molecular formula is C15H18N2O2. The fourth-order valence-electron chi connectivity index (χ4n) is 2.99. The van der Waals surface area contributed by atoms with Crippen molar-refractivity contribution < 1.29 is 9.59 Å². The van der Waals surface area contributed by atoms with Crippen molar-refractivity contribution in [3.8, 4) is 0 Å². The van der Waals surface area contributed by atoms with Gasteiger partial charge in [-0.25, -0.2) is 4.90 Å². The summed E-state index contributed by atoms with van der Waals surface area (Å²) in [6, 6.07) is 7.33. The van der Waals surface area contributed by atoms with Gasteiger partial charge < -0.3 is 0 Å². The fourth-order valence-corrected chi connectivity index (χ4v) is 2.99. The summed E-state index contributed by atoms with van der Waals surface area (Å²) >= 11 is 0. The second-order valence-corrected chi connectivity index (χ2v) is 5.37. The van der Waals surface area contributed by atoms with Crippen LogP contribution < -0.4 is 4.90 Å². The Morgan fingerprint density at radius 2 is 1.89 bits per heavy atom. The van der Waals surface area contributed by atoms with E-state index in [9.17, 15) is 9.59 Å². The summed E-state index contributed by atoms with van der Waals surface area (Å²) in [6.45, 7) is 3.84. The van der Waals surface area contributed by atoms with Crippen molar-refractivity contribution in [2.75, 3.05) is 18.0 Å². The van der Waals surface area contributed by atoms with E-state index in [0.29, 0.717) is 12.1 Å². The van der Waals surface area contributed by atoms with E-state index in [1.807, 2.05) is 31.2 Å². The molecule has 0 aromatic heterocycles. The van der Waals surface area contributed by atoms with Gasteiger partial charge in [0.2, 0.25) is 5.91 Å². The maximum Gasteiger partial charge on any atom is 0.251 e. The second-order valence-electron chi connectivity index (χ2n) is 5.37. The molecule has 2 aliphatic heterocycles. The molecule has 2 amide bonds. The number of rotatable bonds is 2. The molecule has 1 aromatic rings. The summed E-state index contributed by atoms with van der Waals surface area (Å²) in [5.74, 6) is -0.134. The zero-order valence-electron chi connectivity index (χ0n) is 11.1. The van der Waals surface area contributed by atoms with Gasteiger partial charge >= 0.3 is 0 Å². The highest BCUT2D eigenvalue weighted by molar-refractivity contribution is 6.22. The summed E-state index contributed by atoms with van der Waals surface area (Å²) < 4.78 is 0. The number of benzene rings is 1. The molecule has 0 N–H and O–H groups in total. The van der Waals surface area contributed by atoms with Crippen molar-refractivity contribution in [3.63, 3.8) is 0 Å². The Kier molecular flexibility index (Phi) is 3.11. The molecule has 2 heterocycles. The number of hydrogen-bond donors (Lipinski definition) is 0. The van der Waals surface area contributed by atoms with Crippen LogP contribution in [0.4, 0.5) is 5.69 Å². The first-order valence-corrected chi connectivity index (χ1v) is 6.84. The molecule has 1 aromatic carbocycles. The monoisotopic (exact) mass is 258 g/mol. The van der Waals surface area contributed by atoms with Gasteiger partial charge in [0.1, 0.15) is 0 Å². The number of imide groups is 1. The lowest BCUT2D eigenvalue weighted by atomic mass is 10.2. The van der Waals surface area contributed by atoms with Crippen LogP contribution in [-0.2, 0) is 9.59 Å². The number of amides is 2. The first kappa shape index (κ1) is 12.4. The van der Waals surface area contributed by atoms with Crippen molar-refractivity contribution in [2.45, 2.75) is 32.2 Å². The van der Waals surface area contributed by atoms with Gasteiger partial charge in [0.05, 0.1) is 18.2 Å². The van der Waals surface area contributed by atoms with E-state index in [1.165, 1.54) is 4.90 Å². The van der Waals surface area contributed by atoms with E-state index in [0.717, 1.165) is 31.5 Å². The molecule has 0 bridgehead atoms. The largest absolute Gasteiger partial charge is 0.292 e. The zero-order valence-corrected chi connectivity index (χ0v) is 11.1. The van der Waals surface area contributed by atoms with Crippen LogP contribution in [-0.4, -0.2) is 35.8 Å². The molecule has 1 atom stereocenters. The first-order chi connectivity index (χ1) is 9.16. The highest BCUT2D eigenvalue weighted by Crippen LogP contribution is 2.27. The maximum absolute atomic E-state index is 12.5. The van der Waals surface area contributed by atoms with Crippen LogP contribution in [0.5, 0.6) is 0 Å². The average molecular weight is 258 g/mol.